The van der Waals surface area contributed by atoms with Crippen molar-refractivity contribution in [3.63, 3.8) is 0 Å². The summed E-state index contributed by atoms with van der Waals surface area (Å²) in [5, 5.41) is 3.60. The van der Waals surface area contributed by atoms with Gasteiger partial charge in [0.05, 0.1) is 10.6 Å². The summed E-state index contributed by atoms with van der Waals surface area (Å²) in [7, 11) is -4.23. The largest absolute Gasteiger partial charge is 0.457 e. The number of amides is 2. The molecule has 0 bridgehead atoms. The van der Waals surface area contributed by atoms with Crippen molar-refractivity contribution in [3.05, 3.63) is 119 Å². The van der Waals surface area contributed by atoms with Gasteiger partial charge in [0.25, 0.3) is 10.0 Å². The molecule has 2 unspecified atom stereocenters. The van der Waals surface area contributed by atoms with Gasteiger partial charge in [-0.3, -0.25) is 13.9 Å². The minimum absolute atomic E-state index is 0.00895. The fraction of sp³-hybridized carbons (Fsp3) is 0.257. The Bertz CT molecular complexity index is 1700. The van der Waals surface area contributed by atoms with Crippen LogP contribution in [0.5, 0.6) is 11.5 Å². The lowest BCUT2D eigenvalue weighted by Gasteiger charge is -2.34. The van der Waals surface area contributed by atoms with Crippen LogP contribution in [0.1, 0.15) is 39.2 Å². The molecule has 4 rings (SSSR count). The third-order valence-corrected chi connectivity index (χ3v) is 9.99. The van der Waals surface area contributed by atoms with E-state index in [1.54, 1.807) is 79.7 Å². The number of anilines is 1. The van der Waals surface area contributed by atoms with E-state index in [2.05, 4.69) is 5.32 Å². The fourth-order valence-electron chi connectivity index (χ4n) is 4.77. The van der Waals surface area contributed by atoms with Crippen LogP contribution in [0.3, 0.4) is 0 Å². The van der Waals surface area contributed by atoms with E-state index in [4.69, 9.17) is 27.9 Å². The van der Waals surface area contributed by atoms with E-state index >= 15 is 0 Å². The molecule has 0 fully saturated rings. The Balaban J connectivity index is 1.74. The Labute approximate surface area is 280 Å². The molecule has 11 heteroatoms. The number of ether oxygens (including phenoxy) is 1. The number of hydrogen-bond donors (Lipinski definition) is 1. The summed E-state index contributed by atoms with van der Waals surface area (Å²) in [6.45, 7) is 4.92. The number of halogens is 2. The van der Waals surface area contributed by atoms with Gasteiger partial charge in [-0.1, -0.05) is 79.5 Å². The molecule has 0 aliphatic heterocycles. The molecule has 46 heavy (non-hydrogen) atoms. The monoisotopic (exact) mass is 681 g/mol. The SMILES string of the molecule is CCC(C)NC(=O)C(CC)N(Cc1c(Cl)cccc1Cl)C(=O)CN(c1ccc(Oc2ccccc2)cc1)S(=O)(=O)c1ccccc1. The fourth-order valence-corrected chi connectivity index (χ4v) is 6.72. The van der Waals surface area contributed by atoms with Crippen molar-refractivity contribution in [1.82, 2.24) is 10.2 Å². The average molecular weight is 683 g/mol. The molecule has 8 nitrogen and oxygen atoms in total. The summed E-state index contributed by atoms with van der Waals surface area (Å²) < 4.78 is 35.1. The first-order chi connectivity index (χ1) is 22.0. The molecule has 1 N–H and O–H groups in total. The molecule has 2 amide bonds. The molecule has 0 aliphatic rings. The molecule has 4 aromatic rings. The predicted molar refractivity (Wildman–Crippen MR) is 183 cm³/mol. The van der Waals surface area contributed by atoms with Crippen molar-refractivity contribution in [2.75, 3.05) is 10.8 Å². The minimum Gasteiger partial charge on any atom is -0.457 e. The molecule has 0 aliphatic carbocycles. The van der Waals surface area contributed by atoms with Crippen LogP contribution in [0.4, 0.5) is 5.69 Å². The smallest absolute Gasteiger partial charge is 0.264 e. The molecule has 2 atom stereocenters. The minimum atomic E-state index is -4.23. The molecule has 0 saturated heterocycles. The number of nitrogens with zero attached hydrogens (tertiary/aromatic N) is 2. The maximum Gasteiger partial charge on any atom is 0.264 e. The second-order valence-corrected chi connectivity index (χ2v) is 13.4. The molecule has 0 aromatic heterocycles. The van der Waals surface area contributed by atoms with Gasteiger partial charge in [-0.2, -0.15) is 0 Å². The number of rotatable bonds is 14. The van der Waals surface area contributed by atoms with Crippen molar-refractivity contribution in [1.29, 1.82) is 0 Å². The van der Waals surface area contributed by atoms with Gasteiger partial charge in [0, 0.05) is 28.2 Å². The quantitative estimate of drug-likeness (QED) is 0.147. The Kier molecular flexibility index (Phi) is 12.1. The van der Waals surface area contributed by atoms with Crippen LogP contribution in [0.25, 0.3) is 0 Å². The Morgan fingerprint density at radius 2 is 1.35 bits per heavy atom. The number of para-hydroxylation sites is 1. The van der Waals surface area contributed by atoms with Gasteiger partial charge < -0.3 is 15.0 Å². The van der Waals surface area contributed by atoms with Crippen LogP contribution in [0, 0.1) is 0 Å². The lowest BCUT2D eigenvalue weighted by molar-refractivity contribution is -0.140. The highest BCUT2D eigenvalue weighted by Gasteiger charge is 2.34. The number of hydrogen-bond acceptors (Lipinski definition) is 5. The van der Waals surface area contributed by atoms with Crippen LogP contribution < -0.4 is 14.4 Å². The highest BCUT2D eigenvalue weighted by molar-refractivity contribution is 7.92. The van der Waals surface area contributed by atoms with Crippen molar-refractivity contribution in [2.45, 2.75) is 57.1 Å². The molecule has 242 valence electrons. The average Bonchev–Trinajstić information content (AvgIpc) is 3.06. The Morgan fingerprint density at radius 3 is 1.91 bits per heavy atom. The van der Waals surface area contributed by atoms with Gasteiger partial charge in [0.2, 0.25) is 11.8 Å². The third-order valence-electron chi connectivity index (χ3n) is 7.49. The van der Waals surface area contributed by atoms with Crippen molar-refractivity contribution < 1.29 is 22.7 Å². The summed E-state index contributed by atoms with van der Waals surface area (Å²) in [6.07, 6.45) is 0.965. The van der Waals surface area contributed by atoms with Crippen LogP contribution in [0.2, 0.25) is 10.0 Å². The van der Waals surface area contributed by atoms with E-state index in [0.29, 0.717) is 33.5 Å². The normalized spacial score (nSPS) is 12.5. The van der Waals surface area contributed by atoms with E-state index in [-0.39, 0.29) is 35.5 Å². The molecule has 0 radical (unpaired) electrons. The first-order valence-electron chi connectivity index (χ1n) is 15.0. The lowest BCUT2D eigenvalue weighted by Crippen LogP contribution is -2.53. The van der Waals surface area contributed by atoms with Crippen molar-refractivity contribution in [3.8, 4) is 11.5 Å². The summed E-state index contributed by atoms with van der Waals surface area (Å²) in [4.78, 5) is 29.2. The third kappa shape index (κ3) is 8.60. The first-order valence-corrected chi connectivity index (χ1v) is 17.2. The number of nitrogens with one attached hydrogen (secondary N) is 1. The molecular weight excluding hydrogens is 645 g/mol. The second-order valence-electron chi connectivity index (χ2n) is 10.7. The molecule has 0 heterocycles. The van der Waals surface area contributed by atoms with E-state index in [1.807, 2.05) is 32.0 Å². The van der Waals surface area contributed by atoms with Gasteiger partial charge in [0.1, 0.15) is 24.1 Å². The van der Waals surface area contributed by atoms with Gasteiger partial charge in [-0.15, -0.1) is 0 Å². The van der Waals surface area contributed by atoms with Gasteiger partial charge in [-0.05, 0) is 80.4 Å². The van der Waals surface area contributed by atoms with Crippen LogP contribution in [-0.4, -0.2) is 43.8 Å². The maximum atomic E-state index is 14.3. The predicted octanol–water partition coefficient (Wildman–Crippen LogP) is 7.70. The summed E-state index contributed by atoms with van der Waals surface area (Å²) in [5.41, 5.74) is 0.694. The second kappa shape index (κ2) is 16.0. The maximum absolute atomic E-state index is 14.3. The Hall–Kier alpha value is -4.05. The zero-order valence-electron chi connectivity index (χ0n) is 25.9. The van der Waals surface area contributed by atoms with E-state index in [1.165, 1.54) is 17.0 Å². The number of benzene rings is 4. The van der Waals surface area contributed by atoms with E-state index < -0.39 is 28.5 Å². The highest BCUT2D eigenvalue weighted by Crippen LogP contribution is 2.30. The highest BCUT2D eigenvalue weighted by atomic mass is 35.5. The summed E-state index contributed by atoms with van der Waals surface area (Å²) >= 11 is 13.0. The molecule has 0 saturated carbocycles. The zero-order valence-corrected chi connectivity index (χ0v) is 28.2. The standard InChI is InChI=1S/C35H37Cl2N3O5S/c1-4-25(3)38-35(42)33(5-2)39(23-30-31(36)17-12-18-32(30)37)34(41)24-40(46(43,44)29-15-10-7-11-16-29)26-19-21-28(22-20-26)45-27-13-8-6-9-14-27/h6-22,25,33H,4-5,23-24H2,1-3H3,(H,38,42). The number of carbonyl (C=O) groups is 2. The molecule has 4 aromatic carbocycles. The topological polar surface area (TPSA) is 96.0 Å². The van der Waals surface area contributed by atoms with Gasteiger partial charge in [0.15, 0.2) is 0 Å². The van der Waals surface area contributed by atoms with Gasteiger partial charge >= 0.3 is 0 Å². The van der Waals surface area contributed by atoms with E-state index in [9.17, 15) is 18.0 Å². The van der Waals surface area contributed by atoms with Crippen LogP contribution >= 0.6 is 23.2 Å². The summed E-state index contributed by atoms with van der Waals surface area (Å²) in [5.74, 6) is 0.148. The number of carbonyl (C=O) groups excluding carboxylic acids is 2. The lowest BCUT2D eigenvalue weighted by atomic mass is 10.1. The van der Waals surface area contributed by atoms with Crippen molar-refractivity contribution in [2.24, 2.45) is 0 Å². The number of sulfonamides is 1. The van der Waals surface area contributed by atoms with Crippen LogP contribution in [-0.2, 0) is 26.2 Å². The van der Waals surface area contributed by atoms with Gasteiger partial charge in [-0.25, -0.2) is 8.42 Å². The van der Waals surface area contributed by atoms with Crippen LogP contribution in [0.15, 0.2) is 108 Å². The molecular formula is C35H37Cl2N3O5S. The molecule has 0 spiro atoms. The first kappa shape index (κ1) is 34.8. The Morgan fingerprint density at radius 1 is 0.783 bits per heavy atom. The van der Waals surface area contributed by atoms with Crippen molar-refractivity contribution >= 4 is 50.7 Å². The zero-order chi connectivity index (χ0) is 33.3. The van der Waals surface area contributed by atoms with E-state index in [0.717, 1.165) is 4.31 Å². The summed E-state index contributed by atoms with van der Waals surface area (Å²) in [6, 6.07) is 27.4.